The predicted octanol–water partition coefficient (Wildman–Crippen LogP) is 3.84. The standard InChI is InChI=1S/C21H22N4O2/c1-14-11-20-22-21(16-7-5-6-8-17(16)25(20)23-14)24(2)13-15-9-10-18(26-3)19(12-15)27-4/h5-12H,13H2,1-4H3. The molecule has 2 heterocycles. The number of hydrogen-bond donors (Lipinski definition) is 0. The minimum Gasteiger partial charge on any atom is -0.493 e. The Bertz CT molecular complexity index is 1120. The number of aryl methyl sites for hydroxylation is 1. The summed E-state index contributed by atoms with van der Waals surface area (Å²) in [5.74, 6) is 2.37. The van der Waals surface area contributed by atoms with Gasteiger partial charge in [-0.3, -0.25) is 0 Å². The van der Waals surface area contributed by atoms with Crippen LogP contribution in [0.25, 0.3) is 16.6 Å². The quantitative estimate of drug-likeness (QED) is 0.540. The minimum atomic E-state index is 0.695. The zero-order valence-electron chi connectivity index (χ0n) is 15.9. The summed E-state index contributed by atoms with van der Waals surface area (Å²) in [4.78, 5) is 7.01. The monoisotopic (exact) mass is 362 g/mol. The van der Waals surface area contributed by atoms with Crippen LogP contribution in [0.3, 0.4) is 0 Å². The third kappa shape index (κ3) is 3.03. The van der Waals surface area contributed by atoms with Gasteiger partial charge in [0.25, 0.3) is 0 Å². The van der Waals surface area contributed by atoms with Gasteiger partial charge in [-0.25, -0.2) is 9.50 Å². The Hall–Kier alpha value is -3.28. The topological polar surface area (TPSA) is 51.9 Å². The highest BCUT2D eigenvalue weighted by molar-refractivity contribution is 5.91. The van der Waals surface area contributed by atoms with Crippen molar-refractivity contribution in [3.8, 4) is 11.5 Å². The van der Waals surface area contributed by atoms with Gasteiger partial charge in [-0.15, -0.1) is 0 Å². The smallest absolute Gasteiger partial charge is 0.161 e. The first-order chi connectivity index (χ1) is 13.1. The number of benzene rings is 2. The van der Waals surface area contributed by atoms with Crippen LogP contribution in [0.5, 0.6) is 11.5 Å². The molecule has 6 heteroatoms. The van der Waals surface area contributed by atoms with Crippen molar-refractivity contribution in [3.05, 3.63) is 59.8 Å². The van der Waals surface area contributed by atoms with Crippen LogP contribution >= 0.6 is 0 Å². The van der Waals surface area contributed by atoms with Crippen LogP contribution in [-0.4, -0.2) is 35.9 Å². The largest absolute Gasteiger partial charge is 0.493 e. The van der Waals surface area contributed by atoms with Gasteiger partial charge in [0.1, 0.15) is 5.82 Å². The SMILES string of the molecule is COc1ccc(CN(C)c2nc3cc(C)nn3c3ccccc23)cc1OC. The van der Waals surface area contributed by atoms with Crippen molar-refractivity contribution in [2.75, 3.05) is 26.2 Å². The van der Waals surface area contributed by atoms with Crippen molar-refractivity contribution in [1.29, 1.82) is 0 Å². The maximum Gasteiger partial charge on any atom is 0.161 e. The molecule has 0 saturated heterocycles. The summed E-state index contributed by atoms with van der Waals surface area (Å²) in [6.07, 6.45) is 0. The number of nitrogens with zero attached hydrogens (tertiary/aromatic N) is 4. The molecule has 27 heavy (non-hydrogen) atoms. The Morgan fingerprint density at radius 2 is 1.78 bits per heavy atom. The third-order valence-electron chi connectivity index (χ3n) is 4.64. The molecule has 0 saturated carbocycles. The lowest BCUT2D eigenvalue weighted by Gasteiger charge is -2.21. The number of rotatable bonds is 5. The van der Waals surface area contributed by atoms with Crippen LogP contribution in [-0.2, 0) is 6.54 Å². The Kier molecular flexibility index (Phi) is 4.32. The molecule has 138 valence electrons. The van der Waals surface area contributed by atoms with E-state index in [1.807, 2.05) is 54.9 Å². The minimum absolute atomic E-state index is 0.695. The number of aromatic nitrogens is 3. The second-order valence-electron chi connectivity index (χ2n) is 6.55. The molecule has 2 aromatic carbocycles. The van der Waals surface area contributed by atoms with Gasteiger partial charge in [-0.2, -0.15) is 5.10 Å². The fourth-order valence-electron chi connectivity index (χ4n) is 3.38. The van der Waals surface area contributed by atoms with E-state index < -0.39 is 0 Å². The van der Waals surface area contributed by atoms with Crippen LogP contribution < -0.4 is 14.4 Å². The van der Waals surface area contributed by atoms with Gasteiger partial charge in [0.15, 0.2) is 17.1 Å². The number of methoxy groups -OCH3 is 2. The van der Waals surface area contributed by atoms with Crippen molar-refractivity contribution in [1.82, 2.24) is 14.6 Å². The zero-order valence-corrected chi connectivity index (χ0v) is 15.9. The van der Waals surface area contributed by atoms with Gasteiger partial charge < -0.3 is 14.4 Å². The molecule has 0 aliphatic rings. The summed E-state index contributed by atoms with van der Waals surface area (Å²) < 4.78 is 12.7. The van der Waals surface area contributed by atoms with Crippen LogP contribution in [0, 0.1) is 6.92 Å². The first kappa shape index (κ1) is 17.1. The summed E-state index contributed by atoms with van der Waals surface area (Å²) >= 11 is 0. The molecule has 0 radical (unpaired) electrons. The average Bonchev–Trinajstić information content (AvgIpc) is 3.07. The van der Waals surface area contributed by atoms with E-state index in [1.165, 1.54) is 0 Å². The molecule has 0 N–H and O–H groups in total. The van der Waals surface area contributed by atoms with Crippen LogP contribution in [0.15, 0.2) is 48.5 Å². The van der Waals surface area contributed by atoms with Crippen molar-refractivity contribution in [3.63, 3.8) is 0 Å². The lowest BCUT2D eigenvalue weighted by molar-refractivity contribution is 0.354. The van der Waals surface area contributed by atoms with E-state index in [-0.39, 0.29) is 0 Å². The average molecular weight is 362 g/mol. The normalized spacial score (nSPS) is 11.1. The Morgan fingerprint density at radius 3 is 2.56 bits per heavy atom. The third-order valence-corrected chi connectivity index (χ3v) is 4.64. The van der Waals surface area contributed by atoms with E-state index in [0.29, 0.717) is 6.54 Å². The van der Waals surface area contributed by atoms with Crippen LogP contribution in [0.2, 0.25) is 0 Å². The van der Waals surface area contributed by atoms with Gasteiger partial charge >= 0.3 is 0 Å². The van der Waals surface area contributed by atoms with E-state index >= 15 is 0 Å². The maximum absolute atomic E-state index is 5.42. The first-order valence-electron chi connectivity index (χ1n) is 8.78. The highest BCUT2D eigenvalue weighted by atomic mass is 16.5. The number of para-hydroxylation sites is 1. The number of anilines is 1. The van der Waals surface area contributed by atoms with E-state index in [1.54, 1.807) is 14.2 Å². The lowest BCUT2D eigenvalue weighted by Crippen LogP contribution is -2.18. The molecular formula is C21H22N4O2. The zero-order chi connectivity index (χ0) is 19.0. The molecule has 0 atom stereocenters. The molecule has 0 unspecified atom stereocenters. The van der Waals surface area contributed by atoms with Gasteiger partial charge in [-0.05, 0) is 36.8 Å². The summed E-state index contributed by atoms with van der Waals surface area (Å²) in [5.41, 5.74) is 3.96. The highest BCUT2D eigenvalue weighted by Crippen LogP contribution is 2.30. The Balaban J connectivity index is 1.77. The fourth-order valence-corrected chi connectivity index (χ4v) is 3.38. The molecule has 0 aliphatic heterocycles. The predicted molar refractivity (Wildman–Crippen MR) is 107 cm³/mol. The molecule has 0 amide bonds. The summed E-state index contributed by atoms with van der Waals surface area (Å²) in [6.45, 7) is 2.68. The second-order valence-corrected chi connectivity index (χ2v) is 6.55. The molecule has 0 fully saturated rings. The van der Waals surface area contributed by atoms with Gasteiger partial charge in [0.05, 0.1) is 25.4 Å². The molecule has 2 aromatic heterocycles. The van der Waals surface area contributed by atoms with Gasteiger partial charge in [0, 0.05) is 25.0 Å². The molecule has 0 spiro atoms. The van der Waals surface area contributed by atoms with Crippen LogP contribution in [0.1, 0.15) is 11.3 Å². The second kappa shape index (κ2) is 6.79. The van der Waals surface area contributed by atoms with Gasteiger partial charge in [0.2, 0.25) is 0 Å². The number of hydrogen-bond acceptors (Lipinski definition) is 5. The van der Waals surface area contributed by atoms with Crippen molar-refractivity contribution < 1.29 is 9.47 Å². The number of fused-ring (bicyclic) bond motifs is 3. The van der Waals surface area contributed by atoms with E-state index in [9.17, 15) is 0 Å². The van der Waals surface area contributed by atoms with E-state index in [0.717, 1.165) is 45.1 Å². The van der Waals surface area contributed by atoms with Crippen LogP contribution in [0.4, 0.5) is 5.82 Å². The van der Waals surface area contributed by atoms with Crippen molar-refractivity contribution in [2.24, 2.45) is 0 Å². The molecule has 0 aliphatic carbocycles. The molecule has 4 rings (SSSR count). The van der Waals surface area contributed by atoms with Crippen molar-refractivity contribution >= 4 is 22.4 Å². The number of ether oxygens (including phenoxy) is 2. The summed E-state index contributed by atoms with van der Waals surface area (Å²) in [6, 6.07) is 16.2. The fraction of sp³-hybridized carbons (Fsp3) is 0.238. The summed E-state index contributed by atoms with van der Waals surface area (Å²) in [7, 11) is 5.34. The van der Waals surface area contributed by atoms with E-state index in [4.69, 9.17) is 14.5 Å². The molecule has 4 aromatic rings. The Morgan fingerprint density at radius 1 is 1.00 bits per heavy atom. The molecule has 6 nitrogen and oxygen atoms in total. The first-order valence-corrected chi connectivity index (χ1v) is 8.78. The maximum atomic E-state index is 5.42. The molecule has 0 bridgehead atoms. The molecular weight excluding hydrogens is 340 g/mol. The Labute approximate surface area is 158 Å². The summed E-state index contributed by atoms with van der Waals surface area (Å²) in [5, 5.41) is 5.64. The van der Waals surface area contributed by atoms with Crippen molar-refractivity contribution in [2.45, 2.75) is 13.5 Å². The van der Waals surface area contributed by atoms with Gasteiger partial charge in [-0.1, -0.05) is 18.2 Å². The van der Waals surface area contributed by atoms with E-state index in [2.05, 4.69) is 22.1 Å². The lowest BCUT2D eigenvalue weighted by atomic mass is 10.1. The highest BCUT2D eigenvalue weighted by Gasteiger charge is 2.14.